The molecule has 1 aliphatic heterocycles. The van der Waals surface area contributed by atoms with Crippen LogP contribution in [0, 0.1) is 12.5 Å². The molecule has 0 unspecified atom stereocenters. The minimum absolute atomic E-state index is 0.799. The molecule has 0 amide bonds. The first-order valence-corrected chi connectivity index (χ1v) is 5.34. The fourth-order valence-electron chi connectivity index (χ4n) is 2.23. The van der Waals surface area contributed by atoms with E-state index < -0.39 is 0 Å². The molecule has 1 heterocycles. The van der Waals surface area contributed by atoms with Gasteiger partial charge in [-0.15, -0.1) is 0 Å². The van der Waals surface area contributed by atoms with Crippen LogP contribution < -0.4 is 5.32 Å². The first-order valence-electron chi connectivity index (χ1n) is 5.34. The number of allylic oxidation sites excluding steroid dienone is 2. The summed E-state index contributed by atoms with van der Waals surface area (Å²) in [6, 6.07) is 0. The van der Waals surface area contributed by atoms with Gasteiger partial charge in [-0.25, -0.2) is 0 Å². The molecule has 0 aromatic rings. The lowest BCUT2D eigenvalue weighted by atomic mass is 9.90. The van der Waals surface area contributed by atoms with Gasteiger partial charge in [-0.1, -0.05) is 31.8 Å². The Labute approximate surface area is 80.9 Å². The smallest absolute Gasteiger partial charge is 0.115 e. The number of hydrogen-bond donors (Lipinski definition) is 1. The van der Waals surface area contributed by atoms with E-state index in [4.69, 9.17) is 0 Å². The average Bonchev–Trinajstić information content (AvgIpc) is 2.47. The van der Waals surface area contributed by atoms with E-state index in [0.29, 0.717) is 0 Å². The molecule has 13 heavy (non-hydrogen) atoms. The molecule has 70 valence electrons. The van der Waals surface area contributed by atoms with Crippen molar-refractivity contribution in [2.24, 2.45) is 5.92 Å². The zero-order valence-corrected chi connectivity index (χ0v) is 8.05. The summed E-state index contributed by atoms with van der Waals surface area (Å²) >= 11 is 0. The Bertz CT molecular complexity index is 207. The highest BCUT2D eigenvalue weighted by atomic mass is 14.8. The first-order chi connectivity index (χ1) is 6.47. The molecule has 1 aliphatic carbocycles. The van der Waals surface area contributed by atoms with Gasteiger partial charge in [0.25, 0.3) is 0 Å². The van der Waals surface area contributed by atoms with Crippen LogP contribution >= 0.6 is 0 Å². The van der Waals surface area contributed by atoms with Gasteiger partial charge in [-0.3, -0.25) is 0 Å². The third kappa shape index (κ3) is 2.36. The van der Waals surface area contributed by atoms with Gasteiger partial charge in [0.2, 0.25) is 0 Å². The summed E-state index contributed by atoms with van der Waals surface area (Å²) in [6.45, 7) is 3.05. The summed E-state index contributed by atoms with van der Waals surface area (Å²) in [6.07, 6.45) is 14.7. The van der Waals surface area contributed by atoms with Crippen LogP contribution in [0.4, 0.5) is 0 Å². The molecular formula is C12H17N. The Morgan fingerprint density at radius 1 is 1.15 bits per heavy atom. The summed E-state index contributed by atoms with van der Waals surface area (Å²) < 4.78 is 0. The van der Waals surface area contributed by atoms with Gasteiger partial charge in [0, 0.05) is 0 Å². The molecule has 0 bridgehead atoms. The lowest BCUT2D eigenvalue weighted by Crippen LogP contribution is -2.09. The Balaban J connectivity index is 1.97. The fraction of sp³-hybridized carbons (Fsp3) is 0.583. The number of dihydropyridines is 1. The molecule has 1 nitrogen and oxygen atoms in total. The molecule has 0 aromatic heterocycles. The van der Waals surface area contributed by atoms with Crippen molar-refractivity contribution in [1.29, 1.82) is 0 Å². The molecule has 2 rings (SSSR count). The predicted octanol–water partition coefficient (Wildman–Crippen LogP) is 3.04. The average molecular weight is 175 g/mol. The molecule has 2 radical (unpaired) electrons. The minimum Gasteiger partial charge on any atom is -0.377 e. The number of nitrogens with one attached hydrogen (secondary N) is 1. The SMILES string of the molecule is [C]1C=C(C2CCCCCC2)C=CN1. The van der Waals surface area contributed by atoms with Gasteiger partial charge in [-0.2, -0.15) is 0 Å². The van der Waals surface area contributed by atoms with Crippen LogP contribution in [-0.2, 0) is 0 Å². The van der Waals surface area contributed by atoms with E-state index in [1.54, 1.807) is 0 Å². The minimum atomic E-state index is 0.799. The van der Waals surface area contributed by atoms with Gasteiger partial charge in [0.1, 0.15) is 6.54 Å². The fourth-order valence-corrected chi connectivity index (χ4v) is 2.23. The van der Waals surface area contributed by atoms with Crippen molar-refractivity contribution in [3.05, 3.63) is 30.5 Å². The highest BCUT2D eigenvalue weighted by Crippen LogP contribution is 2.29. The largest absolute Gasteiger partial charge is 0.377 e. The van der Waals surface area contributed by atoms with Crippen molar-refractivity contribution < 1.29 is 0 Å². The van der Waals surface area contributed by atoms with Crippen molar-refractivity contribution in [1.82, 2.24) is 5.32 Å². The maximum absolute atomic E-state index is 3.05. The van der Waals surface area contributed by atoms with Gasteiger partial charge >= 0.3 is 0 Å². The van der Waals surface area contributed by atoms with Gasteiger partial charge < -0.3 is 5.32 Å². The van der Waals surface area contributed by atoms with Crippen molar-refractivity contribution in [2.75, 3.05) is 0 Å². The van der Waals surface area contributed by atoms with Gasteiger partial charge in [-0.05, 0) is 36.6 Å². The molecule has 1 heteroatoms. The van der Waals surface area contributed by atoms with Gasteiger partial charge in [0.05, 0.1) is 0 Å². The van der Waals surface area contributed by atoms with Crippen molar-refractivity contribution in [2.45, 2.75) is 38.5 Å². The van der Waals surface area contributed by atoms with Crippen molar-refractivity contribution in [3.63, 3.8) is 0 Å². The predicted molar refractivity (Wildman–Crippen MR) is 54.8 cm³/mol. The quantitative estimate of drug-likeness (QED) is 0.604. The molecule has 2 aliphatic rings. The van der Waals surface area contributed by atoms with Crippen LogP contribution in [-0.4, -0.2) is 0 Å². The Hall–Kier alpha value is -0.720. The Morgan fingerprint density at radius 2 is 1.92 bits per heavy atom. The van der Waals surface area contributed by atoms with E-state index in [0.717, 1.165) is 5.92 Å². The maximum Gasteiger partial charge on any atom is 0.115 e. The second-order valence-corrected chi connectivity index (χ2v) is 3.95. The summed E-state index contributed by atoms with van der Waals surface area (Å²) in [5.74, 6) is 0.799. The van der Waals surface area contributed by atoms with E-state index in [-0.39, 0.29) is 0 Å². The molecule has 1 saturated carbocycles. The van der Waals surface area contributed by atoms with Crippen LogP contribution in [0.15, 0.2) is 23.9 Å². The molecule has 0 saturated heterocycles. The summed E-state index contributed by atoms with van der Waals surface area (Å²) in [7, 11) is 0. The van der Waals surface area contributed by atoms with Crippen molar-refractivity contribution in [3.8, 4) is 0 Å². The lowest BCUT2D eigenvalue weighted by molar-refractivity contribution is 0.537. The summed E-state index contributed by atoms with van der Waals surface area (Å²) in [5.41, 5.74) is 1.47. The molecule has 1 fully saturated rings. The van der Waals surface area contributed by atoms with E-state index in [2.05, 4.69) is 24.0 Å². The van der Waals surface area contributed by atoms with Gasteiger partial charge in [0.15, 0.2) is 0 Å². The third-order valence-electron chi connectivity index (χ3n) is 3.01. The van der Waals surface area contributed by atoms with E-state index in [1.165, 1.54) is 44.1 Å². The first kappa shape index (κ1) is 8.86. The standard InChI is InChI=1S/C12H17N/c1-2-4-6-11(5-3-1)12-7-9-13-10-8-12/h7-9,11,13H,1-6H2. The van der Waals surface area contributed by atoms with Crippen LogP contribution in [0.5, 0.6) is 0 Å². The lowest BCUT2D eigenvalue weighted by Gasteiger charge is -2.17. The second-order valence-electron chi connectivity index (χ2n) is 3.95. The second kappa shape index (κ2) is 4.50. The van der Waals surface area contributed by atoms with Crippen LogP contribution in [0.1, 0.15) is 38.5 Å². The third-order valence-corrected chi connectivity index (χ3v) is 3.01. The van der Waals surface area contributed by atoms with Crippen LogP contribution in [0.3, 0.4) is 0 Å². The molecule has 0 aromatic carbocycles. The maximum atomic E-state index is 3.05. The normalized spacial score (nSPS) is 24.8. The summed E-state index contributed by atoms with van der Waals surface area (Å²) in [4.78, 5) is 0. The number of rotatable bonds is 1. The summed E-state index contributed by atoms with van der Waals surface area (Å²) in [5, 5.41) is 2.96. The zero-order valence-electron chi connectivity index (χ0n) is 8.05. The van der Waals surface area contributed by atoms with Crippen LogP contribution in [0.2, 0.25) is 0 Å². The molecule has 0 atom stereocenters. The highest BCUT2D eigenvalue weighted by Gasteiger charge is 2.15. The van der Waals surface area contributed by atoms with E-state index in [9.17, 15) is 0 Å². The monoisotopic (exact) mass is 175 g/mol. The van der Waals surface area contributed by atoms with Crippen LogP contribution in [0.25, 0.3) is 0 Å². The molecule has 0 spiro atoms. The topological polar surface area (TPSA) is 12.0 Å². The number of hydrogen-bond acceptors (Lipinski definition) is 1. The molecular weight excluding hydrogens is 158 g/mol. The van der Waals surface area contributed by atoms with E-state index >= 15 is 0 Å². The Morgan fingerprint density at radius 3 is 2.54 bits per heavy atom. The Kier molecular flexibility index (Phi) is 3.07. The highest BCUT2D eigenvalue weighted by molar-refractivity contribution is 5.27. The van der Waals surface area contributed by atoms with E-state index in [1.807, 2.05) is 6.20 Å². The zero-order chi connectivity index (χ0) is 8.93. The molecule has 1 N–H and O–H groups in total. The van der Waals surface area contributed by atoms with Crippen molar-refractivity contribution >= 4 is 0 Å².